The summed E-state index contributed by atoms with van der Waals surface area (Å²) in [5.74, 6) is -0.590. The second-order valence-electron chi connectivity index (χ2n) is 7.33. The van der Waals surface area contributed by atoms with Crippen LogP contribution in [0.5, 0.6) is 0 Å². The van der Waals surface area contributed by atoms with Gasteiger partial charge in [0, 0.05) is 13.0 Å². The molecule has 4 rings (SSSR count). The summed E-state index contributed by atoms with van der Waals surface area (Å²) in [6.07, 6.45) is -4.42. The maximum absolute atomic E-state index is 13.2. The molecule has 0 bridgehead atoms. The zero-order valence-electron chi connectivity index (χ0n) is 16.7. The van der Waals surface area contributed by atoms with Gasteiger partial charge in [0.2, 0.25) is 0 Å². The van der Waals surface area contributed by atoms with E-state index in [9.17, 15) is 22.4 Å². The first-order valence-electron chi connectivity index (χ1n) is 9.77. The first-order valence-corrected chi connectivity index (χ1v) is 10.6. The molecule has 4 nitrogen and oxygen atoms in total. The van der Waals surface area contributed by atoms with Crippen LogP contribution in [0, 0.1) is 5.82 Å². The van der Waals surface area contributed by atoms with E-state index in [4.69, 9.17) is 4.84 Å². The quantitative estimate of drug-likeness (QED) is 0.439. The summed E-state index contributed by atoms with van der Waals surface area (Å²) < 4.78 is 51.7. The van der Waals surface area contributed by atoms with Gasteiger partial charge in [-0.3, -0.25) is 4.79 Å². The number of halogens is 4. The number of alkyl halides is 3. The van der Waals surface area contributed by atoms with Crippen LogP contribution >= 0.6 is 11.3 Å². The van der Waals surface area contributed by atoms with Crippen LogP contribution in [-0.4, -0.2) is 29.2 Å². The standard InChI is InChI=1S/C23H18F4N2O2S/c24-18-9-5-16(6-10-18)20-12-19(31-28-20)14-29(22(30)21-2-1-11-32-21)13-15-3-7-17(8-4-15)23(25,26)27/h1-11,19H,12-14H2. The number of hydrogen-bond donors (Lipinski definition) is 0. The van der Waals surface area contributed by atoms with Gasteiger partial charge in [0.1, 0.15) is 5.82 Å². The van der Waals surface area contributed by atoms with Crippen LogP contribution in [0.3, 0.4) is 0 Å². The summed E-state index contributed by atoms with van der Waals surface area (Å²) in [6.45, 7) is 0.326. The Morgan fingerprint density at radius 1 is 1.09 bits per heavy atom. The first kappa shape index (κ1) is 22.0. The number of thiophene rings is 1. The van der Waals surface area contributed by atoms with Gasteiger partial charge in [-0.05, 0) is 46.8 Å². The van der Waals surface area contributed by atoms with E-state index in [1.165, 1.54) is 35.6 Å². The summed E-state index contributed by atoms with van der Waals surface area (Å²) in [6, 6.07) is 14.1. The molecule has 1 aliphatic heterocycles. The van der Waals surface area contributed by atoms with Gasteiger partial charge < -0.3 is 9.74 Å². The number of benzene rings is 2. The lowest BCUT2D eigenvalue weighted by molar-refractivity contribution is -0.137. The van der Waals surface area contributed by atoms with E-state index in [1.807, 2.05) is 0 Å². The van der Waals surface area contributed by atoms with Gasteiger partial charge in [-0.25, -0.2) is 4.39 Å². The highest BCUT2D eigenvalue weighted by Crippen LogP contribution is 2.29. The van der Waals surface area contributed by atoms with Crippen LogP contribution in [0.2, 0.25) is 0 Å². The van der Waals surface area contributed by atoms with E-state index >= 15 is 0 Å². The molecule has 0 saturated carbocycles. The smallest absolute Gasteiger partial charge is 0.390 e. The van der Waals surface area contributed by atoms with Crippen LogP contribution in [0.25, 0.3) is 0 Å². The third kappa shape index (κ3) is 5.16. The van der Waals surface area contributed by atoms with Crippen molar-refractivity contribution in [1.29, 1.82) is 0 Å². The molecule has 0 spiro atoms. The maximum atomic E-state index is 13.2. The Bertz CT molecular complexity index is 1090. The van der Waals surface area contributed by atoms with Gasteiger partial charge in [0.25, 0.3) is 5.91 Å². The Labute approximate surface area is 185 Å². The minimum atomic E-state index is -4.42. The fourth-order valence-electron chi connectivity index (χ4n) is 3.38. The average Bonchev–Trinajstić information content (AvgIpc) is 3.46. The van der Waals surface area contributed by atoms with Crippen LogP contribution in [0.4, 0.5) is 17.6 Å². The number of nitrogens with zero attached hydrogens (tertiary/aromatic N) is 2. The maximum Gasteiger partial charge on any atom is 0.416 e. The fraction of sp³-hybridized carbons (Fsp3) is 0.217. The van der Waals surface area contributed by atoms with E-state index in [2.05, 4.69) is 5.16 Å². The van der Waals surface area contributed by atoms with Crippen molar-refractivity contribution in [3.63, 3.8) is 0 Å². The second-order valence-corrected chi connectivity index (χ2v) is 8.28. The Balaban J connectivity index is 1.48. The molecule has 3 aromatic rings. The summed E-state index contributed by atoms with van der Waals surface area (Å²) >= 11 is 1.29. The first-order chi connectivity index (χ1) is 15.3. The van der Waals surface area contributed by atoms with Crippen molar-refractivity contribution >= 4 is 23.0 Å². The number of amides is 1. The molecule has 2 aromatic carbocycles. The Kier molecular flexibility index (Phi) is 6.27. The molecule has 1 unspecified atom stereocenters. The third-order valence-electron chi connectivity index (χ3n) is 5.01. The van der Waals surface area contributed by atoms with Gasteiger partial charge in [-0.1, -0.05) is 35.5 Å². The Hall–Kier alpha value is -3.20. The van der Waals surface area contributed by atoms with Crippen molar-refractivity contribution in [2.24, 2.45) is 5.16 Å². The molecule has 2 heterocycles. The summed E-state index contributed by atoms with van der Waals surface area (Å²) in [5, 5.41) is 5.85. The largest absolute Gasteiger partial charge is 0.416 e. The van der Waals surface area contributed by atoms with E-state index in [-0.39, 0.29) is 24.8 Å². The highest BCUT2D eigenvalue weighted by atomic mass is 32.1. The minimum absolute atomic E-state index is 0.126. The average molecular weight is 462 g/mol. The fourth-order valence-corrected chi connectivity index (χ4v) is 4.07. The van der Waals surface area contributed by atoms with Crippen molar-refractivity contribution in [2.45, 2.75) is 25.2 Å². The number of carbonyl (C=O) groups is 1. The lowest BCUT2D eigenvalue weighted by Crippen LogP contribution is -2.37. The molecule has 0 saturated heterocycles. The monoisotopic (exact) mass is 462 g/mol. The molecule has 1 atom stereocenters. The van der Waals surface area contributed by atoms with Crippen molar-refractivity contribution in [3.05, 3.63) is 93.4 Å². The molecule has 0 aliphatic carbocycles. The zero-order chi connectivity index (χ0) is 22.7. The molecule has 9 heteroatoms. The zero-order valence-corrected chi connectivity index (χ0v) is 17.5. The van der Waals surface area contributed by atoms with Crippen LogP contribution < -0.4 is 0 Å². The van der Waals surface area contributed by atoms with E-state index < -0.39 is 17.8 Å². The molecule has 1 aliphatic rings. The lowest BCUT2D eigenvalue weighted by Gasteiger charge is -2.24. The normalized spacial score (nSPS) is 15.9. The molecule has 1 aromatic heterocycles. The second kappa shape index (κ2) is 9.12. The van der Waals surface area contributed by atoms with Gasteiger partial charge in [0.05, 0.1) is 22.7 Å². The van der Waals surface area contributed by atoms with Gasteiger partial charge in [-0.2, -0.15) is 13.2 Å². The highest BCUT2D eigenvalue weighted by molar-refractivity contribution is 7.12. The highest BCUT2D eigenvalue weighted by Gasteiger charge is 2.31. The van der Waals surface area contributed by atoms with Crippen LogP contribution in [0.15, 0.2) is 71.2 Å². The molecule has 0 radical (unpaired) electrons. The molecular formula is C23H18F4N2O2S. The molecule has 1 amide bonds. The van der Waals surface area contributed by atoms with Crippen molar-refractivity contribution < 1.29 is 27.2 Å². The molecule has 166 valence electrons. The minimum Gasteiger partial charge on any atom is -0.390 e. The van der Waals surface area contributed by atoms with Gasteiger partial charge in [0.15, 0.2) is 6.10 Å². The van der Waals surface area contributed by atoms with Gasteiger partial charge in [-0.15, -0.1) is 11.3 Å². The van der Waals surface area contributed by atoms with E-state index in [1.54, 1.807) is 34.5 Å². The number of oxime groups is 1. The van der Waals surface area contributed by atoms with Crippen molar-refractivity contribution in [3.8, 4) is 0 Å². The number of rotatable bonds is 6. The lowest BCUT2D eigenvalue weighted by atomic mass is 10.0. The third-order valence-corrected chi connectivity index (χ3v) is 5.87. The van der Waals surface area contributed by atoms with Crippen LogP contribution in [-0.2, 0) is 17.6 Å². The summed E-state index contributed by atoms with van der Waals surface area (Å²) in [7, 11) is 0. The number of hydrogen-bond acceptors (Lipinski definition) is 4. The Morgan fingerprint density at radius 2 is 1.81 bits per heavy atom. The molecule has 0 N–H and O–H groups in total. The topological polar surface area (TPSA) is 41.9 Å². The van der Waals surface area contributed by atoms with Crippen molar-refractivity contribution in [1.82, 2.24) is 4.90 Å². The summed E-state index contributed by atoms with van der Waals surface area (Å²) in [4.78, 5) is 20.6. The molecule has 32 heavy (non-hydrogen) atoms. The molecule has 0 fully saturated rings. The predicted octanol–water partition coefficient (Wildman–Crippen LogP) is 5.74. The molecular weight excluding hydrogens is 444 g/mol. The predicted molar refractivity (Wildman–Crippen MR) is 113 cm³/mol. The summed E-state index contributed by atoms with van der Waals surface area (Å²) in [5.41, 5.74) is 1.20. The van der Waals surface area contributed by atoms with E-state index in [0.717, 1.165) is 17.7 Å². The van der Waals surface area contributed by atoms with Crippen molar-refractivity contribution in [2.75, 3.05) is 6.54 Å². The van der Waals surface area contributed by atoms with Crippen LogP contribution in [0.1, 0.15) is 32.8 Å². The SMILES string of the molecule is O=C(c1cccs1)N(Cc1ccc(C(F)(F)F)cc1)CC1CC(c2ccc(F)cc2)=NO1. The number of carbonyl (C=O) groups excluding carboxylic acids is 1. The van der Waals surface area contributed by atoms with E-state index in [0.29, 0.717) is 22.6 Å². The Morgan fingerprint density at radius 3 is 2.44 bits per heavy atom. The van der Waals surface area contributed by atoms with Gasteiger partial charge >= 0.3 is 6.18 Å².